The molecule has 0 aromatic carbocycles. The van der Waals surface area contributed by atoms with Crippen LogP contribution in [0.2, 0.25) is 0 Å². The number of hydrogen-bond donors (Lipinski definition) is 1. The summed E-state index contributed by atoms with van der Waals surface area (Å²) in [4.78, 5) is 27.0. The van der Waals surface area contributed by atoms with Crippen molar-refractivity contribution in [1.29, 1.82) is 0 Å². The van der Waals surface area contributed by atoms with Crippen LogP contribution < -0.4 is 5.32 Å². The molecule has 0 spiro atoms. The quantitative estimate of drug-likeness (QED) is 0.895. The maximum Gasteiger partial charge on any atom is 0.289 e. The van der Waals surface area contributed by atoms with Gasteiger partial charge in [0, 0.05) is 37.9 Å². The van der Waals surface area contributed by atoms with Crippen molar-refractivity contribution in [1.82, 2.24) is 10.2 Å². The van der Waals surface area contributed by atoms with Gasteiger partial charge in [0.05, 0.1) is 18.6 Å². The Hall–Kier alpha value is -1.96. The van der Waals surface area contributed by atoms with E-state index in [1.165, 1.54) is 0 Å². The Balaban J connectivity index is 1.47. The van der Waals surface area contributed by atoms with Crippen molar-refractivity contribution in [3.8, 4) is 0 Å². The number of likely N-dealkylation sites (tertiary alicyclic amines) is 1. The van der Waals surface area contributed by atoms with Crippen molar-refractivity contribution in [2.24, 2.45) is 11.3 Å². The first-order chi connectivity index (χ1) is 11.8. The molecule has 2 aliphatic heterocycles. The van der Waals surface area contributed by atoms with Gasteiger partial charge in [0.25, 0.3) is 11.8 Å². The van der Waals surface area contributed by atoms with Gasteiger partial charge in [0.2, 0.25) is 5.91 Å². The number of amides is 2. The molecule has 3 heterocycles. The van der Waals surface area contributed by atoms with Crippen molar-refractivity contribution in [3.63, 3.8) is 0 Å². The third kappa shape index (κ3) is 2.72. The fourth-order valence-corrected chi connectivity index (χ4v) is 4.01. The molecular weight excluding hydrogens is 334 g/mol. The van der Waals surface area contributed by atoms with E-state index in [4.69, 9.17) is 9.15 Å². The van der Waals surface area contributed by atoms with Crippen LogP contribution in [0.4, 0.5) is 8.78 Å². The lowest BCUT2D eigenvalue weighted by molar-refractivity contribution is -0.138. The zero-order valence-electron chi connectivity index (χ0n) is 13.9. The molecule has 0 radical (unpaired) electrons. The maximum atomic E-state index is 13.0. The maximum absolute atomic E-state index is 13.0. The van der Waals surface area contributed by atoms with Crippen LogP contribution in [-0.2, 0) is 9.53 Å². The van der Waals surface area contributed by atoms with E-state index in [1.807, 2.05) is 0 Å². The summed E-state index contributed by atoms with van der Waals surface area (Å²) in [6, 6.07) is 2.83. The highest BCUT2D eigenvalue weighted by atomic mass is 19.3. The highest BCUT2D eigenvalue weighted by Crippen LogP contribution is 2.43. The molecule has 3 aliphatic rings. The lowest BCUT2D eigenvalue weighted by Gasteiger charge is -2.37. The number of alkyl halides is 2. The summed E-state index contributed by atoms with van der Waals surface area (Å²) in [7, 11) is 0. The van der Waals surface area contributed by atoms with Crippen LogP contribution in [-0.4, -0.2) is 55.0 Å². The summed E-state index contributed by atoms with van der Waals surface area (Å²) in [6.07, 6.45) is -0.649. The van der Waals surface area contributed by atoms with Crippen molar-refractivity contribution >= 4 is 11.8 Å². The smallest absolute Gasteiger partial charge is 0.289 e. The Labute approximate surface area is 143 Å². The molecule has 2 atom stereocenters. The fraction of sp³-hybridized carbons (Fsp3) is 0.647. The monoisotopic (exact) mass is 354 g/mol. The molecule has 4 rings (SSSR count). The van der Waals surface area contributed by atoms with Gasteiger partial charge in [0.1, 0.15) is 5.76 Å². The van der Waals surface area contributed by atoms with Gasteiger partial charge in [0.15, 0.2) is 5.76 Å². The van der Waals surface area contributed by atoms with Gasteiger partial charge in [-0.3, -0.25) is 9.59 Å². The van der Waals surface area contributed by atoms with Crippen LogP contribution in [0.5, 0.6) is 0 Å². The van der Waals surface area contributed by atoms with E-state index in [0.29, 0.717) is 18.9 Å². The Morgan fingerprint density at radius 3 is 2.72 bits per heavy atom. The Kier molecular flexibility index (Phi) is 3.64. The van der Waals surface area contributed by atoms with E-state index in [2.05, 4.69) is 5.32 Å². The number of nitrogens with one attached hydrogen (secondary N) is 1. The number of carbonyl (C=O) groups is 2. The second-order valence-electron chi connectivity index (χ2n) is 7.40. The highest BCUT2D eigenvalue weighted by molar-refractivity contribution is 5.93. The highest BCUT2D eigenvalue weighted by Gasteiger charge is 2.58. The minimum Gasteiger partial charge on any atom is -0.456 e. The Morgan fingerprint density at radius 1 is 1.32 bits per heavy atom. The van der Waals surface area contributed by atoms with Gasteiger partial charge < -0.3 is 19.4 Å². The zero-order chi connectivity index (χ0) is 17.8. The molecule has 1 N–H and O–H groups in total. The number of nitrogens with zero attached hydrogens (tertiary/aromatic N) is 1. The van der Waals surface area contributed by atoms with Crippen molar-refractivity contribution in [2.75, 3.05) is 26.3 Å². The Bertz CT molecular complexity index is 711. The molecule has 6 nitrogen and oxygen atoms in total. The van der Waals surface area contributed by atoms with E-state index in [9.17, 15) is 18.4 Å². The van der Waals surface area contributed by atoms with E-state index in [-0.39, 0.29) is 49.5 Å². The van der Waals surface area contributed by atoms with Gasteiger partial charge in [-0.25, -0.2) is 8.78 Å². The largest absolute Gasteiger partial charge is 0.456 e. The molecule has 2 amide bonds. The van der Waals surface area contributed by atoms with Gasteiger partial charge in [-0.05, 0) is 19.1 Å². The molecule has 3 fully saturated rings. The molecule has 136 valence electrons. The molecule has 1 aromatic heterocycles. The molecule has 25 heavy (non-hydrogen) atoms. The average Bonchev–Trinajstić information content (AvgIpc) is 3.17. The third-order valence-corrected chi connectivity index (χ3v) is 5.49. The van der Waals surface area contributed by atoms with Gasteiger partial charge >= 0.3 is 0 Å². The molecule has 0 unspecified atom stereocenters. The normalized spacial score (nSPS) is 30.8. The first-order valence-electron chi connectivity index (χ1n) is 8.41. The number of aryl methyl sites for hydroxylation is 1. The van der Waals surface area contributed by atoms with Crippen molar-refractivity contribution < 1.29 is 27.5 Å². The van der Waals surface area contributed by atoms with Crippen molar-refractivity contribution in [3.05, 3.63) is 23.7 Å². The van der Waals surface area contributed by atoms with E-state index in [0.717, 1.165) is 0 Å². The standard InChI is InChI=1S/C17H20F2N2O4/c1-10-2-3-13(25-10)14(22)21-6-11-7-24-9-16(11,8-21)15(23)20-12-4-17(18,19)5-12/h2-3,11-12H,4-9H2,1H3,(H,20,23)/t11-,16-/m1/s1. The number of carbonyl (C=O) groups excluding carboxylic acids is 2. The molecule has 1 aromatic rings. The summed E-state index contributed by atoms with van der Waals surface area (Å²) in [6.45, 7) is 2.95. The number of furan rings is 1. The lowest BCUT2D eigenvalue weighted by Crippen LogP contribution is -2.56. The summed E-state index contributed by atoms with van der Waals surface area (Å²) in [5, 5.41) is 2.72. The predicted octanol–water partition coefficient (Wildman–Crippen LogP) is 1.59. The van der Waals surface area contributed by atoms with Crippen LogP contribution in [0, 0.1) is 18.3 Å². The molecule has 8 heteroatoms. The average molecular weight is 354 g/mol. The van der Waals surface area contributed by atoms with Crippen LogP contribution in [0.15, 0.2) is 16.5 Å². The second-order valence-corrected chi connectivity index (χ2v) is 7.40. The molecule has 1 saturated carbocycles. The molecular formula is C17H20F2N2O4. The van der Waals surface area contributed by atoms with Crippen LogP contribution in [0.3, 0.4) is 0 Å². The number of ether oxygens (including phenoxy) is 1. The third-order valence-electron chi connectivity index (χ3n) is 5.49. The number of fused-ring (bicyclic) bond motifs is 1. The summed E-state index contributed by atoms with van der Waals surface area (Å²) < 4.78 is 36.9. The number of hydrogen-bond acceptors (Lipinski definition) is 4. The SMILES string of the molecule is Cc1ccc(C(=O)N2C[C@@H]3COC[C@]3(C(=O)NC3CC(F)(F)C3)C2)o1. The minimum absolute atomic E-state index is 0.131. The van der Waals surface area contributed by atoms with Crippen LogP contribution >= 0.6 is 0 Å². The number of rotatable bonds is 3. The first-order valence-corrected chi connectivity index (χ1v) is 8.41. The van der Waals surface area contributed by atoms with Gasteiger partial charge in [-0.2, -0.15) is 0 Å². The zero-order valence-corrected chi connectivity index (χ0v) is 13.9. The first kappa shape index (κ1) is 16.5. The summed E-state index contributed by atoms with van der Waals surface area (Å²) >= 11 is 0. The second kappa shape index (κ2) is 5.52. The molecule has 2 saturated heterocycles. The minimum atomic E-state index is -2.68. The Morgan fingerprint density at radius 2 is 2.08 bits per heavy atom. The number of halogens is 2. The van der Waals surface area contributed by atoms with Crippen LogP contribution in [0.25, 0.3) is 0 Å². The molecule has 1 aliphatic carbocycles. The van der Waals surface area contributed by atoms with E-state index >= 15 is 0 Å². The van der Waals surface area contributed by atoms with Crippen LogP contribution in [0.1, 0.15) is 29.2 Å². The lowest BCUT2D eigenvalue weighted by atomic mass is 9.79. The van der Waals surface area contributed by atoms with Gasteiger partial charge in [-0.1, -0.05) is 0 Å². The summed E-state index contributed by atoms with van der Waals surface area (Å²) in [5.41, 5.74) is -0.859. The van der Waals surface area contributed by atoms with E-state index in [1.54, 1.807) is 24.0 Å². The van der Waals surface area contributed by atoms with Crippen molar-refractivity contribution in [2.45, 2.75) is 31.7 Å². The van der Waals surface area contributed by atoms with Gasteiger partial charge in [-0.15, -0.1) is 0 Å². The fourth-order valence-electron chi connectivity index (χ4n) is 4.01. The topological polar surface area (TPSA) is 71.8 Å². The predicted molar refractivity (Wildman–Crippen MR) is 82.2 cm³/mol. The van der Waals surface area contributed by atoms with E-state index < -0.39 is 17.4 Å². The summed E-state index contributed by atoms with van der Waals surface area (Å²) in [5.74, 6) is -2.48. The molecule has 0 bridgehead atoms.